The molecule has 1 aliphatic heterocycles. The Morgan fingerprint density at radius 3 is 2.28 bits per heavy atom. The fourth-order valence-electron chi connectivity index (χ4n) is 3.80. The summed E-state index contributed by atoms with van der Waals surface area (Å²) in [5.74, 6) is -0.740. The molecule has 2 amide bonds. The van der Waals surface area contributed by atoms with E-state index in [9.17, 15) is 14.0 Å². The maximum atomic E-state index is 13.4. The van der Waals surface area contributed by atoms with Crippen LogP contribution < -0.4 is 4.90 Å². The summed E-state index contributed by atoms with van der Waals surface area (Å²) in [5, 5.41) is 16.7. The Labute approximate surface area is 182 Å². The number of anilines is 1. The minimum absolute atomic E-state index is 0.0779. The SMILES string of the molecule is CCc1c(-c2c#cc(F)cc2)nn(Cc2nnn(C)n2)c1N1C(=O)c2ccccc2C1=O. The molecule has 3 heterocycles. The molecule has 158 valence electrons. The number of tetrazole rings is 1. The molecule has 0 aliphatic carbocycles. The van der Waals surface area contributed by atoms with Gasteiger partial charge in [-0.3, -0.25) is 9.59 Å². The Morgan fingerprint density at radius 1 is 1.00 bits per heavy atom. The van der Waals surface area contributed by atoms with E-state index in [1.165, 1.54) is 21.6 Å². The predicted molar refractivity (Wildman–Crippen MR) is 110 cm³/mol. The van der Waals surface area contributed by atoms with E-state index in [0.29, 0.717) is 46.0 Å². The van der Waals surface area contributed by atoms with Crippen LogP contribution >= 0.6 is 0 Å². The van der Waals surface area contributed by atoms with Crippen LogP contribution in [0.3, 0.4) is 0 Å². The van der Waals surface area contributed by atoms with Crippen molar-refractivity contribution in [3.05, 3.63) is 76.9 Å². The first-order valence-electron chi connectivity index (χ1n) is 9.88. The molecule has 1 aliphatic rings. The second kappa shape index (κ2) is 7.39. The average Bonchev–Trinajstić information content (AvgIpc) is 3.44. The molecule has 5 rings (SSSR count). The van der Waals surface area contributed by atoms with E-state index in [2.05, 4.69) is 32.6 Å². The number of carbonyl (C=O) groups is 2. The monoisotopic (exact) mass is 429 g/mol. The number of aromatic nitrogens is 6. The van der Waals surface area contributed by atoms with Gasteiger partial charge in [0.1, 0.15) is 18.1 Å². The number of hydrogen-bond acceptors (Lipinski definition) is 6. The van der Waals surface area contributed by atoms with Crippen LogP contribution in [0, 0.1) is 17.9 Å². The van der Waals surface area contributed by atoms with Crippen LogP contribution in [0.15, 0.2) is 36.4 Å². The summed E-state index contributed by atoms with van der Waals surface area (Å²) in [6.45, 7) is 1.97. The molecular formula is C22H16FN7O2. The van der Waals surface area contributed by atoms with Crippen molar-refractivity contribution in [1.29, 1.82) is 0 Å². The second-order valence-electron chi connectivity index (χ2n) is 7.19. The van der Waals surface area contributed by atoms with Gasteiger partial charge in [-0.25, -0.2) is 9.58 Å². The fourth-order valence-corrected chi connectivity index (χ4v) is 3.80. The van der Waals surface area contributed by atoms with Gasteiger partial charge in [0.25, 0.3) is 11.8 Å². The van der Waals surface area contributed by atoms with Crippen molar-refractivity contribution in [2.24, 2.45) is 7.05 Å². The number of benzene rings is 1. The molecule has 2 aromatic carbocycles. The molecule has 0 bridgehead atoms. The van der Waals surface area contributed by atoms with Crippen LogP contribution in [-0.4, -0.2) is 41.8 Å². The summed E-state index contributed by atoms with van der Waals surface area (Å²) in [4.78, 5) is 28.9. The normalized spacial score (nSPS) is 12.9. The highest BCUT2D eigenvalue weighted by atomic mass is 19.1. The molecule has 32 heavy (non-hydrogen) atoms. The Kier molecular flexibility index (Phi) is 4.52. The number of halogens is 1. The van der Waals surface area contributed by atoms with E-state index in [4.69, 9.17) is 0 Å². The third kappa shape index (κ3) is 3.02. The van der Waals surface area contributed by atoms with Gasteiger partial charge >= 0.3 is 0 Å². The van der Waals surface area contributed by atoms with Crippen LogP contribution in [0.1, 0.15) is 39.0 Å². The molecule has 0 saturated heterocycles. The minimum Gasteiger partial charge on any atom is -0.268 e. The Balaban J connectivity index is 1.70. The quantitative estimate of drug-likeness (QED) is 0.451. The maximum Gasteiger partial charge on any atom is 0.267 e. The maximum absolute atomic E-state index is 13.4. The number of imide groups is 1. The first-order chi connectivity index (χ1) is 15.5. The Bertz CT molecular complexity index is 1320. The molecule has 0 fully saturated rings. The van der Waals surface area contributed by atoms with Crippen LogP contribution in [0.4, 0.5) is 10.2 Å². The van der Waals surface area contributed by atoms with Gasteiger partial charge in [-0.2, -0.15) is 14.3 Å². The molecule has 0 unspecified atom stereocenters. The number of nitrogens with zero attached hydrogens (tertiary/aromatic N) is 7. The lowest BCUT2D eigenvalue weighted by Crippen LogP contribution is -2.32. The summed E-state index contributed by atoms with van der Waals surface area (Å²) in [6, 6.07) is 14.6. The summed E-state index contributed by atoms with van der Waals surface area (Å²) < 4.78 is 14.9. The third-order valence-electron chi connectivity index (χ3n) is 5.19. The van der Waals surface area contributed by atoms with Crippen molar-refractivity contribution < 1.29 is 14.0 Å². The molecular weight excluding hydrogens is 413 g/mol. The molecule has 0 atom stereocenters. The Hall–Kier alpha value is -4.39. The van der Waals surface area contributed by atoms with Gasteiger partial charge in [0.2, 0.25) is 0 Å². The summed E-state index contributed by atoms with van der Waals surface area (Å²) in [5.41, 5.74) is 2.26. The van der Waals surface area contributed by atoms with Crippen molar-refractivity contribution in [2.45, 2.75) is 19.9 Å². The zero-order chi connectivity index (χ0) is 22.4. The second-order valence-corrected chi connectivity index (χ2v) is 7.19. The van der Waals surface area contributed by atoms with Crippen LogP contribution in [0.25, 0.3) is 11.3 Å². The summed E-state index contributed by atoms with van der Waals surface area (Å²) in [7, 11) is 1.64. The molecule has 0 saturated carbocycles. The smallest absolute Gasteiger partial charge is 0.267 e. The van der Waals surface area contributed by atoms with E-state index in [1.54, 1.807) is 31.3 Å². The van der Waals surface area contributed by atoms with Crippen molar-refractivity contribution in [3.63, 3.8) is 0 Å². The Morgan fingerprint density at radius 2 is 1.72 bits per heavy atom. The first-order valence-corrected chi connectivity index (χ1v) is 9.88. The van der Waals surface area contributed by atoms with Crippen molar-refractivity contribution >= 4 is 17.6 Å². The number of rotatable bonds is 5. The lowest BCUT2D eigenvalue weighted by molar-refractivity contribution is 0.0923. The van der Waals surface area contributed by atoms with Gasteiger partial charge in [0.15, 0.2) is 11.6 Å². The standard InChI is InChI=1S/C22H16FN7O2/c1-3-15-19(13-8-10-14(23)11-9-13)26-29(12-18-24-27-28(2)25-18)20(15)30-21(31)16-6-4-5-7-17(16)22(30)32/h4-8,10H,3,12H2,1-2H3. The minimum atomic E-state index is -0.546. The van der Waals surface area contributed by atoms with E-state index in [-0.39, 0.29) is 6.54 Å². The van der Waals surface area contributed by atoms with Crippen molar-refractivity contribution in [1.82, 2.24) is 30.0 Å². The van der Waals surface area contributed by atoms with Gasteiger partial charge in [0.05, 0.1) is 23.7 Å². The molecule has 0 spiro atoms. The van der Waals surface area contributed by atoms with Crippen LogP contribution in [0.2, 0.25) is 0 Å². The van der Waals surface area contributed by atoms with E-state index >= 15 is 0 Å². The molecule has 9 nitrogen and oxygen atoms in total. The first kappa shape index (κ1) is 19.6. The number of amides is 2. The van der Waals surface area contributed by atoms with Crippen LogP contribution in [0.5, 0.6) is 0 Å². The lowest BCUT2D eigenvalue weighted by Gasteiger charge is -2.17. The highest BCUT2D eigenvalue weighted by Crippen LogP contribution is 2.36. The van der Waals surface area contributed by atoms with Crippen molar-refractivity contribution in [2.75, 3.05) is 4.90 Å². The molecule has 10 heteroatoms. The van der Waals surface area contributed by atoms with E-state index in [1.807, 2.05) is 6.92 Å². The number of fused-ring (bicyclic) bond motifs is 1. The van der Waals surface area contributed by atoms with Crippen molar-refractivity contribution in [3.8, 4) is 11.3 Å². The lowest BCUT2D eigenvalue weighted by atomic mass is 10.1. The largest absolute Gasteiger partial charge is 0.268 e. The molecule has 0 radical (unpaired) electrons. The highest BCUT2D eigenvalue weighted by Gasteiger charge is 2.40. The zero-order valence-electron chi connectivity index (χ0n) is 17.2. The number of aryl methyl sites for hydroxylation is 1. The molecule has 4 aromatic rings. The number of carbonyl (C=O) groups excluding carboxylic acids is 2. The van der Waals surface area contributed by atoms with Gasteiger partial charge < -0.3 is 0 Å². The molecule has 2 aromatic heterocycles. The molecule has 0 N–H and O–H groups in total. The highest BCUT2D eigenvalue weighted by molar-refractivity contribution is 6.34. The van der Waals surface area contributed by atoms with Crippen LogP contribution in [-0.2, 0) is 20.0 Å². The van der Waals surface area contributed by atoms with Gasteiger partial charge in [-0.1, -0.05) is 25.1 Å². The van der Waals surface area contributed by atoms with Gasteiger partial charge in [-0.05, 0) is 42.0 Å². The average molecular weight is 429 g/mol. The van der Waals surface area contributed by atoms with Gasteiger partial charge in [0, 0.05) is 5.56 Å². The number of hydrogen-bond donors (Lipinski definition) is 0. The van der Waals surface area contributed by atoms with E-state index < -0.39 is 17.6 Å². The topological polar surface area (TPSA) is 98.8 Å². The zero-order valence-corrected chi connectivity index (χ0v) is 17.2. The van der Waals surface area contributed by atoms with E-state index in [0.717, 1.165) is 4.90 Å². The third-order valence-corrected chi connectivity index (χ3v) is 5.19. The van der Waals surface area contributed by atoms with Gasteiger partial charge in [-0.15, -0.1) is 10.2 Å². The summed E-state index contributed by atoms with van der Waals surface area (Å²) >= 11 is 0. The predicted octanol–water partition coefficient (Wildman–Crippen LogP) is 2.22. The fraction of sp³-hybridized carbons (Fsp3) is 0.182. The summed E-state index contributed by atoms with van der Waals surface area (Å²) in [6.07, 6.45) is 0.456.